The van der Waals surface area contributed by atoms with Crippen molar-refractivity contribution in [2.75, 3.05) is 13.1 Å². The van der Waals surface area contributed by atoms with Gasteiger partial charge in [-0.1, -0.05) is 12.1 Å². The topological polar surface area (TPSA) is 49.2 Å². The minimum atomic E-state index is -0.445. The van der Waals surface area contributed by atoms with Crippen molar-refractivity contribution in [1.29, 1.82) is 0 Å². The second kappa shape index (κ2) is 6.99. The van der Waals surface area contributed by atoms with E-state index in [2.05, 4.69) is 27.9 Å². The number of aryl methyl sites for hydroxylation is 1. The smallest absolute Gasteiger partial charge is 0.0988 e. The first kappa shape index (κ1) is 15.1. The van der Waals surface area contributed by atoms with Crippen LogP contribution in [0.4, 0.5) is 0 Å². The van der Waals surface area contributed by atoms with Crippen molar-refractivity contribution in [3.8, 4) is 0 Å². The fourth-order valence-corrected chi connectivity index (χ4v) is 3.11. The lowest BCUT2D eigenvalue weighted by Crippen LogP contribution is -2.35. The van der Waals surface area contributed by atoms with Crippen molar-refractivity contribution >= 4 is 0 Å². The third-order valence-corrected chi connectivity index (χ3v) is 4.56. The lowest BCUT2D eigenvalue weighted by atomic mass is 9.89. The summed E-state index contributed by atoms with van der Waals surface area (Å²) in [6.45, 7) is 5.02. The Morgan fingerprint density at radius 1 is 1.14 bits per heavy atom. The first-order valence-corrected chi connectivity index (χ1v) is 7.96. The van der Waals surface area contributed by atoms with Gasteiger partial charge in [0.1, 0.15) is 0 Å². The Kier molecular flexibility index (Phi) is 4.80. The highest BCUT2D eigenvalue weighted by atomic mass is 16.3. The zero-order valence-electron chi connectivity index (χ0n) is 13.0. The minimum absolute atomic E-state index is 0.302. The molecule has 0 bridgehead atoms. The van der Waals surface area contributed by atoms with Gasteiger partial charge in [0.05, 0.1) is 17.5 Å². The molecule has 1 atom stereocenters. The Labute approximate surface area is 131 Å². The van der Waals surface area contributed by atoms with Crippen LogP contribution < -0.4 is 0 Å². The first-order valence-electron chi connectivity index (χ1n) is 7.96. The van der Waals surface area contributed by atoms with E-state index in [-0.39, 0.29) is 0 Å². The van der Waals surface area contributed by atoms with Crippen LogP contribution in [-0.4, -0.2) is 33.1 Å². The molecule has 1 aliphatic heterocycles. The van der Waals surface area contributed by atoms with Crippen LogP contribution in [0.3, 0.4) is 0 Å². The van der Waals surface area contributed by atoms with E-state index in [0.717, 1.165) is 43.9 Å². The molecule has 1 fully saturated rings. The van der Waals surface area contributed by atoms with Crippen LogP contribution in [-0.2, 0) is 6.54 Å². The second-order valence-corrected chi connectivity index (χ2v) is 6.08. The molecular weight excluding hydrogens is 274 g/mol. The number of aromatic nitrogens is 2. The molecule has 3 heterocycles. The molecule has 0 radical (unpaired) electrons. The third-order valence-electron chi connectivity index (χ3n) is 4.56. The van der Waals surface area contributed by atoms with Gasteiger partial charge in [0.15, 0.2) is 0 Å². The molecule has 0 saturated carbocycles. The summed E-state index contributed by atoms with van der Waals surface area (Å²) in [6, 6.07) is 9.82. The van der Waals surface area contributed by atoms with E-state index >= 15 is 0 Å². The van der Waals surface area contributed by atoms with Crippen LogP contribution in [0.2, 0.25) is 0 Å². The number of piperidine rings is 1. The predicted octanol–water partition coefficient (Wildman–Crippen LogP) is 2.73. The molecule has 2 aromatic rings. The monoisotopic (exact) mass is 297 g/mol. The average Bonchev–Trinajstić information content (AvgIpc) is 2.58. The summed E-state index contributed by atoms with van der Waals surface area (Å²) in [7, 11) is 0. The van der Waals surface area contributed by atoms with E-state index in [9.17, 15) is 5.11 Å². The van der Waals surface area contributed by atoms with Gasteiger partial charge in [0, 0.05) is 18.9 Å². The standard InChI is InChI=1S/C18H23N3O/c1-14-5-4-10-20-17(14)13-21-11-7-15(8-12-21)18(22)16-6-2-3-9-19-16/h2-6,9-10,15,18,22H,7-8,11-13H2,1H3. The number of hydrogen-bond acceptors (Lipinski definition) is 4. The quantitative estimate of drug-likeness (QED) is 0.942. The minimum Gasteiger partial charge on any atom is -0.387 e. The van der Waals surface area contributed by atoms with Gasteiger partial charge in [-0.05, 0) is 62.5 Å². The molecule has 1 N–H and O–H groups in total. The average molecular weight is 297 g/mol. The zero-order chi connectivity index (χ0) is 15.4. The Morgan fingerprint density at radius 3 is 2.59 bits per heavy atom. The van der Waals surface area contributed by atoms with Crippen LogP contribution in [0.25, 0.3) is 0 Å². The summed E-state index contributed by atoms with van der Waals surface area (Å²) in [4.78, 5) is 11.2. The Bertz CT molecular complexity index is 594. The van der Waals surface area contributed by atoms with Gasteiger partial charge in [0.2, 0.25) is 0 Å². The fraction of sp³-hybridized carbons (Fsp3) is 0.444. The van der Waals surface area contributed by atoms with Gasteiger partial charge in [-0.15, -0.1) is 0 Å². The lowest BCUT2D eigenvalue weighted by Gasteiger charge is -2.34. The molecule has 0 spiro atoms. The van der Waals surface area contributed by atoms with E-state index < -0.39 is 6.10 Å². The Balaban J connectivity index is 1.55. The van der Waals surface area contributed by atoms with Crippen molar-refractivity contribution in [2.24, 2.45) is 5.92 Å². The summed E-state index contributed by atoms with van der Waals surface area (Å²) in [6.07, 6.45) is 5.17. The fourth-order valence-electron chi connectivity index (χ4n) is 3.11. The van der Waals surface area contributed by atoms with E-state index in [1.54, 1.807) is 6.20 Å². The van der Waals surface area contributed by atoms with Crippen molar-refractivity contribution in [3.05, 3.63) is 59.7 Å². The molecule has 4 heteroatoms. The van der Waals surface area contributed by atoms with Crippen LogP contribution >= 0.6 is 0 Å². The number of pyridine rings is 2. The lowest BCUT2D eigenvalue weighted by molar-refractivity contribution is 0.0536. The van der Waals surface area contributed by atoms with E-state index in [1.165, 1.54) is 5.56 Å². The van der Waals surface area contributed by atoms with Gasteiger partial charge >= 0.3 is 0 Å². The molecule has 4 nitrogen and oxygen atoms in total. The van der Waals surface area contributed by atoms with Gasteiger partial charge in [-0.2, -0.15) is 0 Å². The van der Waals surface area contributed by atoms with Gasteiger partial charge in [-0.3, -0.25) is 14.9 Å². The van der Waals surface area contributed by atoms with Gasteiger partial charge in [0.25, 0.3) is 0 Å². The van der Waals surface area contributed by atoms with E-state index in [4.69, 9.17) is 0 Å². The van der Waals surface area contributed by atoms with Crippen LogP contribution in [0.5, 0.6) is 0 Å². The van der Waals surface area contributed by atoms with Crippen molar-refractivity contribution < 1.29 is 5.11 Å². The molecule has 1 aliphatic rings. The molecular formula is C18H23N3O. The summed E-state index contributed by atoms with van der Waals surface area (Å²) in [5.41, 5.74) is 3.20. The second-order valence-electron chi connectivity index (χ2n) is 6.08. The maximum Gasteiger partial charge on any atom is 0.0988 e. The zero-order valence-corrected chi connectivity index (χ0v) is 13.0. The van der Waals surface area contributed by atoms with E-state index in [0.29, 0.717) is 5.92 Å². The van der Waals surface area contributed by atoms with Crippen molar-refractivity contribution in [2.45, 2.75) is 32.4 Å². The van der Waals surface area contributed by atoms with Gasteiger partial charge in [-0.25, -0.2) is 0 Å². The largest absolute Gasteiger partial charge is 0.387 e. The number of rotatable bonds is 4. The normalized spacial score (nSPS) is 18.3. The molecule has 1 unspecified atom stereocenters. The van der Waals surface area contributed by atoms with E-state index in [1.807, 2.05) is 30.5 Å². The number of likely N-dealkylation sites (tertiary alicyclic amines) is 1. The van der Waals surface area contributed by atoms with Crippen molar-refractivity contribution in [3.63, 3.8) is 0 Å². The highest BCUT2D eigenvalue weighted by Gasteiger charge is 2.27. The maximum absolute atomic E-state index is 10.5. The number of nitrogens with zero attached hydrogens (tertiary/aromatic N) is 3. The van der Waals surface area contributed by atoms with Crippen LogP contribution in [0, 0.1) is 12.8 Å². The SMILES string of the molecule is Cc1cccnc1CN1CCC(C(O)c2ccccn2)CC1. The van der Waals surface area contributed by atoms with Crippen LogP contribution in [0.15, 0.2) is 42.7 Å². The van der Waals surface area contributed by atoms with Crippen molar-refractivity contribution in [1.82, 2.24) is 14.9 Å². The number of aliphatic hydroxyl groups is 1. The molecule has 3 rings (SSSR count). The summed E-state index contributed by atoms with van der Waals surface area (Å²) in [5.74, 6) is 0.302. The molecule has 1 saturated heterocycles. The molecule has 22 heavy (non-hydrogen) atoms. The van der Waals surface area contributed by atoms with Gasteiger partial charge < -0.3 is 5.11 Å². The molecule has 116 valence electrons. The summed E-state index contributed by atoms with van der Waals surface area (Å²) < 4.78 is 0. The predicted molar refractivity (Wildman–Crippen MR) is 86.2 cm³/mol. The highest BCUT2D eigenvalue weighted by Crippen LogP contribution is 2.30. The Hall–Kier alpha value is -1.78. The molecule has 2 aromatic heterocycles. The summed E-state index contributed by atoms with van der Waals surface area (Å²) >= 11 is 0. The number of aliphatic hydroxyl groups excluding tert-OH is 1. The third kappa shape index (κ3) is 3.51. The molecule has 0 aliphatic carbocycles. The summed E-state index contributed by atoms with van der Waals surface area (Å²) in [5, 5.41) is 10.5. The molecule has 0 aromatic carbocycles. The maximum atomic E-state index is 10.5. The highest BCUT2D eigenvalue weighted by molar-refractivity contribution is 5.17. The number of hydrogen-bond donors (Lipinski definition) is 1. The molecule has 0 amide bonds. The van der Waals surface area contributed by atoms with Crippen LogP contribution in [0.1, 0.15) is 35.9 Å². The first-order chi connectivity index (χ1) is 10.7. The Morgan fingerprint density at radius 2 is 1.91 bits per heavy atom.